The number of rotatable bonds is 5. The number of halogens is 4. The molecule has 1 aromatic rings. The lowest BCUT2D eigenvalue weighted by molar-refractivity contribution is -0.0820. The van der Waals surface area contributed by atoms with E-state index in [2.05, 4.69) is 5.10 Å². The minimum atomic E-state index is -4.72. The summed E-state index contributed by atoms with van der Waals surface area (Å²) in [5, 5.41) is 4.43. The first-order chi connectivity index (χ1) is 17.6. The fourth-order valence-electron chi connectivity index (χ4n) is 7.61. The van der Waals surface area contributed by atoms with Crippen molar-refractivity contribution in [3.63, 3.8) is 0 Å². The molecule has 3 unspecified atom stereocenters. The van der Waals surface area contributed by atoms with Gasteiger partial charge in [-0.25, -0.2) is 9.18 Å². The second-order valence-corrected chi connectivity index (χ2v) is 11.4. The zero-order valence-electron chi connectivity index (χ0n) is 20.8. The minimum absolute atomic E-state index is 0.102. The molecule has 7 rings (SSSR count). The Morgan fingerprint density at radius 2 is 1.86 bits per heavy atom. The van der Waals surface area contributed by atoms with Gasteiger partial charge in [-0.2, -0.15) is 13.2 Å². The molecule has 1 saturated heterocycles. The Hall–Kier alpha value is -2.56. The molecule has 11 heteroatoms. The third kappa shape index (κ3) is 4.53. The first-order valence-electron chi connectivity index (χ1n) is 13.1. The smallest absolute Gasteiger partial charge is 0.443 e. The van der Waals surface area contributed by atoms with Gasteiger partial charge in [0.1, 0.15) is 5.82 Å². The predicted molar refractivity (Wildman–Crippen MR) is 126 cm³/mol. The van der Waals surface area contributed by atoms with Crippen molar-refractivity contribution in [2.24, 2.45) is 28.3 Å². The van der Waals surface area contributed by atoms with E-state index in [1.165, 1.54) is 32.4 Å². The fourth-order valence-corrected chi connectivity index (χ4v) is 7.61. The molecule has 6 aliphatic rings. The molecule has 0 aromatic heterocycles. The predicted octanol–water partition coefficient (Wildman–Crippen LogP) is 4.74. The van der Waals surface area contributed by atoms with Gasteiger partial charge in [0, 0.05) is 37.8 Å². The highest BCUT2D eigenvalue weighted by atomic mass is 19.4. The zero-order chi connectivity index (χ0) is 25.9. The number of hydrogen-bond donors (Lipinski definition) is 0. The Balaban J connectivity index is 1.22. The number of hydrogen-bond acceptors (Lipinski definition) is 5. The maximum atomic E-state index is 15.4. The fraction of sp³-hybridized carbons (Fsp3) is 0.692. The van der Waals surface area contributed by atoms with E-state index in [4.69, 9.17) is 9.47 Å². The van der Waals surface area contributed by atoms with Crippen LogP contribution in [0, 0.1) is 29.0 Å². The van der Waals surface area contributed by atoms with Crippen LogP contribution in [0.5, 0.6) is 0 Å². The van der Waals surface area contributed by atoms with Crippen molar-refractivity contribution >= 4 is 11.9 Å². The molecule has 7 nitrogen and oxygen atoms in total. The van der Waals surface area contributed by atoms with Crippen LogP contribution in [0.2, 0.25) is 0 Å². The number of alkyl halides is 3. The van der Waals surface area contributed by atoms with Gasteiger partial charge in [0.25, 0.3) is 0 Å². The number of amides is 2. The van der Waals surface area contributed by atoms with Crippen LogP contribution in [-0.4, -0.2) is 72.8 Å². The summed E-state index contributed by atoms with van der Waals surface area (Å²) < 4.78 is 64.8. The summed E-state index contributed by atoms with van der Waals surface area (Å²) in [7, 11) is 1.35. The number of carbonyl (C=O) groups excluding carboxylic acids is 1. The van der Waals surface area contributed by atoms with Crippen molar-refractivity contribution in [1.82, 2.24) is 14.8 Å². The third-order valence-electron chi connectivity index (χ3n) is 8.99. The Morgan fingerprint density at radius 3 is 2.49 bits per heavy atom. The second-order valence-electron chi connectivity index (χ2n) is 11.4. The molecule has 0 radical (unpaired) electrons. The summed E-state index contributed by atoms with van der Waals surface area (Å²) in [6.07, 6.45) is 0.134. The van der Waals surface area contributed by atoms with Gasteiger partial charge in [-0.3, -0.25) is 5.01 Å². The normalized spacial score (nSPS) is 32.6. The van der Waals surface area contributed by atoms with E-state index in [1.807, 2.05) is 0 Å². The number of morpholine rings is 1. The van der Waals surface area contributed by atoms with Crippen LogP contribution in [0.15, 0.2) is 23.3 Å². The first kappa shape index (κ1) is 24.8. The highest BCUT2D eigenvalue weighted by Gasteiger charge is 2.58. The van der Waals surface area contributed by atoms with Crippen molar-refractivity contribution in [3.05, 3.63) is 35.1 Å². The molecule has 4 aliphatic carbocycles. The summed E-state index contributed by atoms with van der Waals surface area (Å²) in [6, 6.07) is 4.18. The van der Waals surface area contributed by atoms with Gasteiger partial charge < -0.3 is 19.3 Å². The van der Waals surface area contributed by atoms with Crippen LogP contribution in [0.25, 0.3) is 0 Å². The van der Waals surface area contributed by atoms with Crippen molar-refractivity contribution < 1.29 is 31.8 Å². The molecule has 0 N–H and O–H groups in total. The maximum Gasteiger partial charge on any atom is 0.470 e. The van der Waals surface area contributed by atoms with Crippen LogP contribution in [0.3, 0.4) is 0 Å². The van der Waals surface area contributed by atoms with Gasteiger partial charge in [-0.05, 0) is 61.3 Å². The Morgan fingerprint density at radius 1 is 1.16 bits per heavy atom. The molecule has 2 aliphatic heterocycles. The van der Waals surface area contributed by atoms with Crippen LogP contribution < -0.4 is 0 Å². The van der Waals surface area contributed by atoms with Gasteiger partial charge >= 0.3 is 18.1 Å². The Bertz CT molecular complexity index is 1080. The van der Waals surface area contributed by atoms with Crippen LogP contribution in [-0.2, 0) is 16.0 Å². The zero-order valence-corrected chi connectivity index (χ0v) is 20.8. The monoisotopic (exact) mass is 524 g/mol. The highest BCUT2D eigenvalue weighted by molar-refractivity contribution is 5.82. The van der Waals surface area contributed by atoms with Crippen LogP contribution >= 0.6 is 0 Å². The molecule has 37 heavy (non-hydrogen) atoms. The number of ether oxygens (including phenoxy) is 2. The third-order valence-corrected chi connectivity index (χ3v) is 8.99. The quantitative estimate of drug-likeness (QED) is 0.522. The van der Waals surface area contributed by atoms with E-state index in [-0.39, 0.29) is 23.6 Å². The summed E-state index contributed by atoms with van der Waals surface area (Å²) in [5.74, 6) is 0.166. The van der Waals surface area contributed by atoms with Gasteiger partial charge in [0.15, 0.2) is 0 Å². The number of hydrazone groups is 1. The van der Waals surface area contributed by atoms with E-state index in [9.17, 15) is 18.0 Å². The van der Waals surface area contributed by atoms with Crippen molar-refractivity contribution in [2.45, 2.75) is 51.1 Å². The molecule has 2 heterocycles. The topological polar surface area (TPSA) is 57.6 Å². The lowest BCUT2D eigenvalue weighted by atomic mass is 9.75. The molecule has 202 valence electrons. The van der Waals surface area contributed by atoms with Gasteiger partial charge in [0.2, 0.25) is 6.23 Å². The van der Waals surface area contributed by atoms with E-state index >= 15 is 4.39 Å². The van der Waals surface area contributed by atoms with Gasteiger partial charge in [0.05, 0.1) is 19.8 Å². The van der Waals surface area contributed by atoms with Crippen LogP contribution in [0.4, 0.5) is 22.4 Å². The molecule has 0 spiro atoms. The average molecular weight is 525 g/mol. The molecular formula is C26H32F4N4O3. The van der Waals surface area contributed by atoms with Gasteiger partial charge in [-0.1, -0.05) is 12.1 Å². The molecule has 4 saturated carbocycles. The standard InChI is InChI=1S/C26H32F4N4O3/c1-32-22(37-23(31-32)26(28,29)30)18-2-3-19(21(27)11-18)14-34(24(35)33-4-6-36-7-5-33)15-25-12-16-8-17(13-25)10-20(25)9-16/h2-3,11,16-17,20,22H,4-10,12-15H2,1H3. The number of urea groups is 1. The van der Waals surface area contributed by atoms with Crippen molar-refractivity contribution in [2.75, 3.05) is 39.9 Å². The molecule has 1 aromatic carbocycles. The Labute approximate surface area is 213 Å². The largest absolute Gasteiger partial charge is 0.470 e. The average Bonchev–Trinajstić information content (AvgIpc) is 3.44. The van der Waals surface area contributed by atoms with Gasteiger partial charge in [-0.15, -0.1) is 5.10 Å². The summed E-state index contributed by atoms with van der Waals surface area (Å²) in [6.45, 7) is 2.70. The molecular weight excluding hydrogens is 492 g/mol. The molecule has 2 amide bonds. The lowest BCUT2D eigenvalue weighted by Crippen LogP contribution is -2.51. The minimum Gasteiger partial charge on any atom is -0.443 e. The van der Waals surface area contributed by atoms with E-state index < -0.39 is 24.1 Å². The summed E-state index contributed by atoms with van der Waals surface area (Å²) in [5.41, 5.74) is 0.665. The molecule has 5 fully saturated rings. The van der Waals surface area contributed by atoms with E-state index in [0.717, 1.165) is 29.7 Å². The van der Waals surface area contributed by atoms with E-state index in [1.54, 1.807) is 21.9 Å². The maximum absolute atomic E-state index is 15.4. The van der Waals surface area contributed by atoms with E-state index in [0.29, 0.717) is 44.3 Å². The number of benzene rings is 1. The Kier molecular flexibility index (Phi) is 6.04. The highest BCUT2D eigenvalue weighted by Crippen LogP contribution is 2.65. The number of nitrogens with zero attached hydrogens (tertiary/aromatic N) is 4. The molecule has 3 atom stereocenters. The van der Waals surface area contributed by atoms with Crippen molar-refractivity contribution in [3.8, 4) is 0 Å². The SMILES string of the molecule is CN1N=C(C(F)(F)F)OC1c1ccc(CN(CC23CC4CC(CC2C4)C3)C(=O)N2CCOCC2)c(F)c1. The number of carbonyl (C=O) groups is 1. The van der Waals surface area contributed by atoms with Crippen molar-refractivity contribution in [1.29, 1.82) is 0 Å². The second kappa shape index (κ2) is 9.03. The lowest BCUT2D eigenvalue weighted by Gasteiger charge is -2.40. The first-order valence-corrected chi connectivity index (χ1v) is 13.1. The van der Waals surface area contributed by atoms with Crippen LogP contribution in [0.1, 0.15) is 49.5 Å². The molecule has 4 bridgehead atoms. The summed E-state index contributed by atoms with van der Waals surface area (Å²) in [4.78, 5) is 17.2. The summed E-state index contributed by atoms with van der Waals surface area (Å²) >= 11 is 0.